The zero-order valence-corrected chi connectivity index (χ0v) is 33.4. The highest BCUT2D eigenvalue weighted by atomic mass is 32.2. The van der Waals surface area contributed by atoms with Crippen LogP contribution in [0.15, 0.2) is 100 Å². The van der Waals surface area contributed by atoms with E-state index >= 15 is 0 Å². The fraction of sp³-hybridized carbons (Fsp3) is 0.297. The van der Waals surface area contributed by atoms with Gasteiger partial charge in [-0.3, -0.25) is 4.79 Å². The summed E-state index contributed by atoms with van der Waals surface area (Å²) in [5.74, 6) is 0.231. The maximum absolute atomic E-state index is 13.9. The summed E-state index contributed by atoms with van der Waals surface area (Å²) in [6, 6.07) is 21.3. The number of carbonyl (C=O) groups excluding carboxylic acids is 1. The lowest BCUT2D eigenvalue weighted by Gasteiger charge is -2.32. The number of unbranched alkanes of at least 4 members (excludes halogenated alkanes) is 1. The lowest BCUT2D eigenvalue weighted by Crippen LogP contribution is -2.36. The van der Waals surface area contributed by atoms with Crippen LogP contribution in [-0.2, 0) is 14.2 Å². The molecule has 266 valence electrons. The van der Waals surface area contributed by atoms with Crippen LogP contribution in [0.2, 0.25) is 0 Å². The molecule has 2 unspecified atom stereocenters. The molecule has 2 aliphatic rings. The molecule has 0 saturated carbocycles. The summed E-state index contributed by atoms with van der Waals surface area (Å²) >= 11 is 11.3. The predicted octanol–water partition coefficient (Wildman–Crippen LogP) is 11.2. The molecule has 0 bridgehead atoms. The van der Waals surface area contributed by atoms with E-state index in [0.29, 0.717) is 17.9 Å². The van der Waals surface area contributed by atoms with Gasteiger partial charge in [-0.1, -0.05) is 48.7 Å². The number of hydrogen-bond acceptors (Lipinski definition) is 13. The lowest BCUT2D eigenvalue weighted by atomic mass is 9.79. The molecule has 0 radical (unpaired) electrons. The van der Waals surface area contributed by atoms with Crippen LogP contribution >= 0.6 is 80.5 Å². The monoisotopic (exact) mass is 813 g/mol. The Labute approximate surface area is 326 Å². The summed E-state index contributed by atoms with van der Waals surface area (Å²) in [7, 11) is 0. The Kier molecular flexibility index (Phi) is 12.7. The minimum Gasteiger partial charge on any atom is -0.511 e. The minimum absolute atomic E-state index is 0.000691. The van der Waals surface area contributed by atoms with Gasteiger partial charge in [0, 0.05) is 51.5 Å². The third-order valence-electron chi connectivity index (χ3n) is 8.83. The van der Waals surface area contributed by atoms with Crippen molar-refractivity contribution in [2.45, 2.75) is 43.5 Å². The molecule has 7 rings (SSSR count). The molecular weight excluding hydrogens is 777 g/mol. The van der Waals surface area contributed by atoms with Gasteiger partial charge < -0.3 is 10.0 Å². The molecule has 0 aromatic carbocycles. The zero-order chi connectivity index (χ0) is 35.2. The number of aliphatic hydroxyl groups is 1. The number of carbonyl (C=O) groups is 1. The Morgan fingerprint density at radius 3 is 2.12 bits per heavy atom. The van der Waals surface area contributed by atoms with Crippen molar-refractivity contribution in [1.82, 2.24) is 0 Å². The van der Waals surface area contributed by atoms with Crippen LogP contribution in [0, 0.1) is 5.92 Å². The van der Waals surface area contributed by atoms with Crippen molar-refractivity contribution in [3.05, 3.63) is 124 Å². The van der Waals surface area contributed by atoms with Crippen LogP contribution in [0.3, 0.4) is 0 Å². The van der Waals surface area contributed by atoms with Gasteiger partial charge >= 0.3 is 0 Å². The van der Waals surface area contributed by atoms with Crippen LogP contribution in [0.25, 0.3) is 5.57 Å². The van der Waals surface area contributed by atoms with E-state index in [9.17, 15) is 9.90 Å². The smallest absolute Gasteiger partial charge is 0.235 e. The summed E-state index contributed by atoms with van der Waals surface area (Å²) in [6.45, 7) is 3.84. The van der Waals surface area contributed by atoms with E-state index in [1.165, 1.54) is 19.5 Å². The molecule has 7 nitrogen and oxygen atoms in total. The number of hydrogen-bond donors (Lipinski definition) is 2. The van der Waals surface area contributed by atoms with E-state index in [-0.39, 0.29) is 28.9 Å². The topological polar surface area (TPSA) is 82.2 Å². The van der Waals surface area contributed by atoms with Crippen molar-refractivity contribution in [3.63, 3.8) is 0 Å². The van der Waals surface area contributed by atoms with Gasteiger partial charge in [-0.15, -0.1) is 61.0 Å². The number of rotatable bonds is 18. The van der Waals surface area contributed by atoms with Crippen LogP contribution < -0.4 is 4.90 Å². The standard InChI is InChI=1S/C37H36N2O5S7/c1-2-3-17-38(34(26-9-4-19-45-26)27-10-5-20-46-27)30-15-13-24(50-30)32-36(40)33(37(32)41)25-14-16-31(51-25)39(18-8-23-49-44-43-42)35(28-11-6-21-47-28)29-12-7-22-48-29/h4-7,9-16,19-22,24,32,34-35H,2-3,8,17-18,23H2,1H3,(H-,40,42)/p+1. The summed E-state index contributed by atoms with van der Waals surface area (Å²) in [4.78, 5) is 22.1. The fourth-order valence-corrected chi connectivity index (χ4v) is 12.8. The summed E-state index contributed by atoms with van der Waals surface area (Å²) in [6.07, 6.45) is 7.18. The normalized spacial score (nSPS) is 18.4. The lowest BCUT2D eigenvalue weighted by molar-refractivity contribution is -0.558. The number of aliphatic hydroxyl groups excluding tert-OH is 1. The van der Waals surface area contributed by atoms with Crippen molar-refractivity contribution >= 4 is 102 Å². The number of thioether (sulfide) groups is 1. The van der Waals surface area contributed by atoms with Crippen molar-refractivity contribution in [2.75, 3.05) is 23.7 Å². The van der Waals surface area contributed by atoms with E-state index in [1.807, 2.05) is 6.07 Å². The summed E-state index contributed by atoms with van der Waals surface area (Å²) < 4.78 is 7.11. The highest BCUT2D eigenvalue weighted by Crippen LogP contribution is 2.49. The first-order valence-corrected chi connectivity index (χ1v) is 22.8. The molecule has 0 saturated heterocycles. The van der Waals surface area contributed by atoms with Gasteiger partial charge in [0.15, 0.2) is 5.78 Å². The Morgan fingerprint density at radius 1 is 0.902 bits per heavy atom. The van der Waals surface area contributed by atoms with Crippen molar-refractivity contribution in [3.8, 4) is 0 Å². The van der Waals surface area contributed by atoms with E-state index < -0.39 is 5.92 Å². The van der Waals surface area contributed by atoms with E-state index in [1.54, 1.807) is 68.4 Å². The molecule has 6 heterocycles. The molecule has 5 aromatic rings. The third kappa shape index (κ3) is 8.05. The Hall–Kier alpha value is -2.50. The van der Waals surface area contributed by atoms with E-state index in [0.717, 1.165) is 52.8 Å². The maximum Gasteiger partial charge on any atom is 0.235 e. The Bertz CT molecular complexity index is 1880. The molecule has 5 aromatic heterocycles. The second-order valence-electron chi connectivity index (χ2n) is 11.9. The van der Waals surface area contributed by atoms with Gasteiger partial charge in [0.2, 0.25) is 11.1 Å². The average Bonchev–Trinajstić information content (AvgIpc) is 3.99. The van der Waals surface area contributed by atoms with E-state index in [4.69, 9.17) is 5.26 Å². The quantitative estimate of drug-likeness (QED) is 0.0298. The van der Waals surface area contributed by atoms with Gasteiger partial charge in [-0.05, 0) is 76.1 Å². The first-order chi connectivity index (χ1) is 25.1. The SMILES string of the molecule is CCCC[N+](=C1C=CC(C2C(=O)C(c3ccc(N(CCCSOOO)C(c4cccs4)c4cccs4)s3)=C2O)S1)C(c1cccs1)c1cccs1. The van der Waals surface area contributed by atoms with Crippen molar-refractivity contribution < 1.29 is 29.1 Å². The predicted molar refractivity (Wildman–Crippen MR) is 218 cm³/mol. The molecule has 2 N–H and O–H groups in total. The second-order valence-corrected chi connectivity index (χ2v) is 18.9. The second kappa shape index (κ2) is 17.5. The average molecular weight is 814 g/mol. The van der Waals surface area contributed by atoms with Gasteiger partial charge in [0.1, 0.15) is 12.3 Å². The van der Waals surface area contributed by atoms with Crippen LogP contribution in [0.1, 0.15) is 62.7 Å². The molecule has 51 heavy (non-hydrogen) atoms. The van der Waals surface area contributed by atoms with Gasteiger partial charge in [-0.25, -0.2) is 9.83 Å². The van der Waals surface area contributed by atoms with E-state index in [2.05, 4.69) is 114 Å². The van der Waals surface area contributed by atoms with Crippen LogP contribution in [0.5, 0.6) is 0 Å². The Balaban J connectivity index is 1.14. The number of allylic oxidation sites excluding steroid dienone is 2. The molecule has 1 aliphatic carbocycles. The maximum atomic E-state index is 13.9. The molecule has 1 aliphatic heterocycles. The Morgan fingerprint density at radius 2 is 1.55 bits per heavy atom. The fourth-order valence-electron chi connectivity index (χ4n) is 6.48. The minimum atomic E-state index is -0.564. The summed E-state index contributed by atoms with van der Waals surface area (Å²) in [5, 5.41) is 34.3. The number of Topliss-reactive ketones (excluding diaryl/α,β-unsaturated/α-hetero) is 1. The largest absolute Gasteiger partial charge is 0.511 e. The third-order valence-corrected chi connectivity index (χ3v) is 15.6. The molecule has 14 heteroatoms. The summed E-state index contributed by atoms with van der Waals surface area (Å²) in [5.41, 5.74) is 0.435. The van der Waals surface area contributed by atoms with Gasteiger partial charge in [-0.2, -0.15) is 0 Å². The number of nitrogens with zero attached hydrogens (tertiary/aromatic N) is 2. The van der Waals surface area contributed by atoms with Gasteiger partial charge in [0.25, 0.3) is 0 Å². The van der Waals surface area contributed by atoms with Crippen LogP contribution in [-0.4, -0.2) is 49.9 Å². The molecule has 0 spiro atoms. The first kappa shape index (κ1) is 36.8. The highest BCUT2D eigenvalue weighted by Gasteiger charge is 2.48. The molecule has 0 fully saturated rings. The molecular formula is C37H37N2O5S7+. The van der Waals surface area contributed by atoms with Crippen LogP contribution in [0.4, 0.5) is 5.00 Å². The molecule has 2 atom stereocenters. The van der Waals surface area contributed by atoms with Crippen molar-refractivity contribution in [1.29, 1.82) is 0 Å². The zero-order valence-electron chi connectivity index (χ0n) is 27.7. The number of ketones is 1. The highest BCUT2D eigenvalue weighted by molar-refractivity contribution is 8.15. The number of anilines is 1. The van der Waals surface area contributed by atoms with Crippen molar-refractivity contribution in [2.24, 2.45) is 5.92 Å². The first-order valence-electron chi connectivity index (χ1n) is 16.6. The molecule has 0 amide bonds. The van der Waals surface area contributed by atoms with Gasteiger partial charge in [0.05, 0.1) is 37.5 Å². The number of thiophene rings is 5.